The highest BCUT2D eigenvalue weighted by Gasteiger charge is 2.53. The lowest BCUT2D eigenvalue weighted by Gasteiger charge is -2.22. The van der Waals surface area contributed by atoms with E-state index in [1.54, 1.807) is 13.0 Å². The minimum Gasteiger partial charge on any atom is -0.382 e. The third-order valence-electron chi connectivity index (χ3n) is 5.99. The summed E-state index contributed by atoms with van der Waals surface area (Å²) in [6, 6.07) is 5.74. The number of nitrogens with one attached hydrogen (secondary N) is 1. The van der Waals surface area contributed by atoms with Crippen LogP contribution in [0.1, 0.15) is 22.8 Å². The number of nitrogens with zero attached hydrogens (tertiary/aromatic N) is 1. The van der Waals surface area contributed by atoms with E-state index < -0.39 is 35.1 Å². The summed E-state index contributed by atoms with van der Waals surface area (Å²) in [5.74, 6) is -4.25. The predicted molar refractivity (Wildman–Crippen MR) is 105 cm³/mol. The van der Waals surface area contributed by atoms with Crippen LogP contribution in [0.5, 0.6) is 0 Å². The Labute approximate surface area is 179 Å². The van der Waals surface area contributed by atoms with Gasteiger partial charge < -0.3 is 20.4 Å². The minimum absolute atomic E-state index is 0.0649. The molecule has 1 unspecified atom stereocenters. The Hall–Kier alpha value is -3.21. The number of piperidine rings is 1. The number of pyridine rings is 1. The van der Waals surface area contributed by atoms with Crippen molar-refractivity contribution in [2.45, 2.75) is 25.6 Å². The van der Waals surface area contributed by atoms with Crippen molar-refractivity contribution in [3.8, 4) is 11.3 Å². The van der Waals surface area contributed by atoms with Crippen molar-refractivity contribution >= 4 is 17.6 Å². The standard InChI is InChI=1S/C21H19F4N3O4/c1-2-9-5-12(19(30)32-20(31)21(23,24)25)18(29)27-17(9)11-4-3-10(6-15(11)22)28-7-13-14(8-28)16(13)26/h3-6,13-14,16H,2,7-8,26H2,1H3,(H,27,29)/t13-,14+,16?. The molecule has 7 nitrogen and oxygen atoms in total. The van der Waals surface area contributed by atoms with Crippen LogP contribution in [0.4, 0.5) is 23.2 Å². The van der Waals surface area contributed by atoms with Gasteiger partial charge in [-0.3, -0.25) is 4.79 Å². The van der Waals surface area contributed by atoms with Crippen LogP contribution in [0, 0.1) is 17.7 Å². The van der Waals surface area contributed by atoms with E-state index >= 15 is 0 Å². The number of ether oxygens (including phenoxy) is 1. The number of aryl methyl sites for hydroxylation is 1. The molecule has 2 fully saturated rings. The number of alkyl halides is 3. The molecule has 0 amide bonds. The van der Waals surface area contributed by atoms with Gasteiger partial charge in [0.15, 0.2) is 0 Å². The van der Waals surface area contributed by atoms with Crippen LogP contribution < -0.4 is 16.2 Å². The summed E-state index contributed by atoms with van der Waals surface area (Å²) >= 11 is 0. The fraction of sp³-hybridized carbons (Fsp3) is 0.381. The molecule has 1 aromatic carbocycles. The zero-order valence-corrected chi connectivity index (χ0v) is 16.8. The molecule has 170 valence electrons. The molecule has 1 aliphatic heterocycles. The summed E-state index contributed by atoms with van der Waals surface area (Å²) in [6.07, 6.45) is -5.17. The quantitative estimate of drug-likeness (QED) is 0.419. The number of nitrogens with two attached hydrogens (primary N) is 1. The van der Waals surface area contributed by atoms with Gasteiger partial charge in [0.05, 0.1) is 5.69 Å². The molecule has 32 heavy (non-hydrogen) atoms. The first-order valence-electron chi connectivity index (χ1n) is 9.91. The third kappa shape index (κ3) is 3.88. The van der Waals surface area contributed by atoms with Gasteiger partial charge in [-0.25, -0.2) is 14.0 Å². The molecule has 2 aliphatic rings. The average molecular weight is 453 g/mol. The fourth-order valence-corrected chi connectivity index (χ4v) is 4.13. The molecule has 11 heteroatoms. The molecule has 0 radical (unpaired) electrons. The number of rotatable bonds is 4. The number of halogens is 4. The van der Waals surface area contributed by atoms with Crippen LogP contribution in [0.2, 0.25) is 0 Å². The van der Waals surface area contributed by atoms with E-state index in [1.165, 1.54) is 12.1 Å². The molecular weight excluding hydrogens is 434 g/mol. The van der Waals surface area contributed by atoms with Gasteiger partial charge in [0, 0.05) is 30.4 Å². The molecule has 3 atom stereocenters. The first kappa shape index (κ1) is 22.0. The predicted octanol–water partition coefficient (Wildman–Crippen LogP) is 2.38. The molecule has 0 bridgehead atoms. The van der Waals surface area contributed by atoms with E-state index in [-0.39, 0.29) is 29.3 Å². The number of carbonyl (C=O) groups excluding carboxylic acids is 2. The van der Waals surface area contributed by atoms with Crippen molar-refractivity contribution < 1.29 is 31.9 Å². The Morgan fingerprint density at radius 2 is 1.88 bits per heavy atom. The molecule has 1 aliphatic carbocycles. The Balaban J connectivity index is 1.61. The SMILES string of the molecule is CCc1cc(C(=O)OC(=O)C(F)(F)F)c(=O)[nH]c1-c1ccc(N2C[C@@H]3C(N)[C@@H]3C2)cc1F. The first-order valence-corrected chi connectivity index (χ1v) is 9.91. The van der Waals surface area contributed by atoms with Gasteiger partial charge in [0.1, 0.15) is 11.4 Å². The van der Waals surface area contributed by atoms with Crippen LogP contribution in [-0.4, -0.2) is 42.2 Å². The summed E-state index contributed by atoms with van der Waals surface area (Å²) in [5, 5.41) is 0. The van der Waals surface area contributed by atoms with Gasteiger partial charge in [0.2, 0.25) is 0 Å². The maximum Gasteiger partial charge on any atom is 0.491 e. The van der Waals surface area contributed by atoms with E-state index in [2.05, 4.69) is 9.72 Å². The van der Waals surface area contributed by atoms with E-state index in [0.29, 0.717) is 17.5 Å². The van der Waals surface area contributed by atoms with Crippen molar-refractivity contribution in [1.82, 2.24) is 4.98 Å². The van der Waals surface area contributed by atoms with Gasteiger partial charge >= 0.3 is 18.1 Å². The molecule has 4 rings (SSSR count). The number of anilines is 1. The van der Waals surface area contributed by atoms with Crippen molar-refractivity contribution in [2.75, 3.05) is 18.0 Å². The van der Waals surface area contributed by atoms with E-state index in [9.17, 15) is 31.9 Å². The van der Waals surface area contributed by atoms with Gasteiger partial charge in [-0.05, 0) is 48.1 Å². The molecule has 1 saturated heterocycles. The van der Waals surface area contributed by atoms with Gasteiger partial charge in [0.25, 0.3) is 5.56 Å². The Bertz CT molecular complexity index is 1150. The number of aromatic nitrogens is 1. The highest BCUT2D eigenvalue weighted by atomic mass is 19.4. The second-order valence-corrected chi connectivity index (χ2v) is 7.91. The smallest absolute Gasteiger partial charge is 0.382 e. The minimum atomic E-state index is -5.39. The number of esters is 2. The summed E-state index contributed by atoms with van der Waals surface area (Å²) in [6.45, 7) is 3.14. The lowest BCUT2D eigenvalue weighted by atomic mass is 10.0. The second kappa shape index (κ2) is 7.73. The summed E-state index contributed by atoms with van der Waals surface area (Å²) in [4.78, 5) is 39.5. The first-order chi connectivity index (χ1) is 15.0. The number of aromatic amines is 1. The zero-order valence-electron chi connectivity index (χ0n) is 16.8. The number of hydrogen-bond donors (Lipinski definition) is 2. The van der Waals surface area contributed by atoms with Crippen LogP contribution in [0.25, 0.3) is 11.3 Å². The van der Waals surface area contributed by atoms with E-state index in [4.69, 9.17) is 5.73 Å². The van der Waals surface area contributed by atoms with Gasteiger partial charge in [-0.15, -0.1) is 0 Å². The molecule has 2 aromatic rings. The van der Waals surface area contributed by atoms with Crippen molar-refractivity contribution in [3.05, 3.63) is 51.6 Å². The highest BCUT2D eigenvalue weighted by molar-refractivity contribution is 5.98. The van der Waals surface area contributed by atoms with Crippen molar-refractivity contribution in [3.63, 3.8) is 0 Å². The van der Waals surface area contributed by atoms with Crippen molar-refractivity contribution in [1.29, 1.82) is 0 Å². The number of fused-ring (bicyclic) bond motifs is 1. The molecular formula is C21H19F4N3O4. The fourth-order valence-electron chi connectivity index (χ4n) is 4.13. The molecule has 1 saturated carbocycles. The van der Waals surface area contributed by atoms with Crippen LogP contribution in [-0.2, 0) is 16.0 Å². The lowest BCUT2D eigenvalue weighted by Crippen LogP contribution is -2.30. The number of hydrogen-bond acceptors (Lipinski definition) is 6. The van der Waals surface area contributed by atoms with Crippen molar-refractivity contribution in [2.24, 2.45) is 17.6 Å². The van der Waals surface area contributed by atoms with Crippen LogP contribution >= 0.6 is 0 Å². The normalized spacial score (nSPS) is 21.9. The second-order valence-electron chi connectivity index (χ2n) is 7.91. The van der Waals surface area contributed by atoms with E-state index in [0.717, 1.165) is 19.2 Å². The molecule has 3 N–H and O–H groups in total. The van der Waals surface area contributed by atoms with Gasteiger partial charge in [-0.2, -0.15) is 13.2 Å². The summed E-state index contributed by atoms with van der Waals surface area (Å²) in [7, 11) is 0. The zero-order chi connectivity index (χ0) is 23.4. The monoisotopic (exact) mass is 453 g/mol. The van der Waals surface area contributed by atoms with Crippen LogP contribution in [0.3, 0.4) is 0 Å². The Morgan fingerprint density at radius 3 is 2.44 bits per heavy atom. The molecule has 0 spiro atoms. The largest absolute Gasteiger partial charge is 0.491 e. The number of carbonyl (C=O) groups is 2. The van der Waals surface area contributed by atoms with Crippen LogP contribution in [0.15, 0.2) is 29.1 Å². The Morgan fingerprint density at radius 1 is 1.22 bits per heavy atom. The topological polar surface area (TPSA) is 105 Å². The number of H-pyrrole nitrogens is 1. The summed E-state index contributed by atoms with van der Waals surface area (Å²) in [5.41, 5.74) is 5.16. The molecule has 2 heterocycles. The maximum atomic E-state index is 14.9. The lowest BCUT2D eigenvalue weighted by molar-refractivity contribution is -0.193. The Kier molecular flexibility index (Phi) is 5.32. The summed E-state index contributed by atoms with van der Waals surface area (Å²) < 4.78 is 55.7. The average Bonchev–Trinajstić information content (AvgIpc) is 3.12. The van der Waals surface area contributed by atoms with E-state index in [1.807, 2.05) is 4.90 Å². The molecule has 1 aromatic heterocycles. The number of benzene rings is 1. The highest BCUT2D eigenvalue weighted by Crippen LogP contribution is 2.45. The maximum absolute atomic E-state index is 14.9. The third-order valence-corrected chi connectivity index (χ3v) is 5.99. The van der Waals surface area contributed by atoms with Gasteiger partial charge in [-0.1, -0.05) is 6.92 Å².